The molecule has 70 heavy (non-hydrogen) atoms. The van der Waals surface area contributed by atoms with E-state index in [9.17, 15) is 19.5 Å². The van der Waals surface area contributed by atoms with Gasteiger partial charge in [0.1, 0.15) is 0 Å². The molecule has 4 saturated heterocycles. The summed E-state index contributed by atoms with van der Waals surface area (Å²) in [5, 5.41) is 24.4. The normalized spacial score (nSPS) is 25.4. The third-order valence-corrected chi connectivity index (χ3v) is 16.4. The zero-order valence-corrected chi connectivity index (χ0v) is 40.4. The molecule has 376 valence electrons. The van der Waals surface area contributed by atoms with E-state index in [0.717, 1.165) is 29.7 Å². The fourth-order valence-corrected chi connectivity index (χ4v) is 11.8. The number of likely N-dealkylation sites (tertiary alicyclic amines) is 3. The molecule has 10 rings (SSSR count). The van der Waals surface area contributed by atoms with Crippen LogP contribution in [0.4, 0.5) is 40.4 Å². The minimum atomic E-state index is -3.15. The average Bonchev–Trinajstić information content (AvgIpc) is 3.96. The van der Waals surface area contributed by atoms with Crippen molar-refractivity contribution in [3.63, 3.8) is 0 Å². The highest BCUT2D eigenvalue weighted by Crippen LogP contribution is 2.52. The van der Waals surface area contributed by atoms with Gasteiger partial charge in [-0.15, -0.1) is 5.10 Å². The molecule has 4 N–H and O–H groups in total. The van der Waals surface area contributed by atoms with Gasteiger partial charge in [0.25, 0.3) is 23.7 Å². The molecule has 1 aliphatic carbocycles. The quantitative estimate of drug-likeness (QED) is 0.137. The molecule has 0 radical (unpaired) electrons. The van der Waals surface area contributed by atoms with Crippen LogP contribution in [0.3, 0.4) is 0 Å². The van der Waals surface area contributed by atoms with Gasteiger partial charge < -0.3 is 40.5 Å². The minimum absolute atomic E-state index is 0.0311. The number of carbonyl (C=O) groups excluding carboxylic acids is 3. The standard InChI is InChI=1S/C49H60ClF4N11O5/c1-29-34(50)21-31(22-38(29)64-17-11-42(66)58-46(64)69)45(68)62-19-13-47(14-20-62)12-18-61(28-49(47,53)54)26-32-9-15-60(27-48(32,51)52)25-30-5-4-6-37-33(30)10-16-63(37)41-23-36(55-2)43-56-24-39(65(43)59-41)44(67)57-35-7-8-40(35)70-3/h4-6,21-24,32,35,40,46,55,69H,7-20,25-28H2,1-3H3,(H,57,67)(H,58,66)/t32?,35-,40-,46?/m1/s1. The van der Waals surface area contributed by atoms with Crippen LogP contribution in [0.1, 0.15) is 82.5 Å². The van der Waals surface area contributed by atoms with E-state index in [1.807, 2.05) is 24.3 Å². The molecule has 4 atom stereocenters. The van der Waals surface area contributed by atoms with E-state index in [1.54, 1.807) is 46.4 Å². The van der Waals surface area contributed by atoms with E-state index in [1.165, 1.54) is 17.2 Å². The maximum absolute atomic E-state index is 16.3. The van der Waals surface area contributed by atoms with E-state index in [2.05, 4.69) is 25.8 Å². The van der Waals surface area contributed by atoms with Crippen molar-refractivity contribution in [2.45, 2.75) is 95.2 Å². The summed E-state index contributed by atoms with van der Waals surface area (Å²) in [4.78, 5) is 51.9. The number of halogens is 5. The SMILES string of the molecule is CNc1cc(N2CCc3c(CN4CCC(CN5CCC6(CCN(C(=O)c7cc(Cl)c(C)c(N8CCC(=O)NC8O)c7)CC6)C(F)(F)C5)C(F)(F)C4)cccc32)nn2c(C(=O)N[C@@H]3CC[C@H]3OC)cnc12. The molecular weight excluding hydrogens is 934 g/mol. The van der Waals surface area contributed by atoms with Crippen LogP contribution >= 0.6 is 11.6 Å². The van der Waals surface area contributed by atoms with Gasteiger partial charge in [-0.25, -0.2) is 27.1 Å². The van der Waals surface area contributed by atoms with Gasteiger partial charge in [0.15, 0.2) is 17.2 Å². The van der Waals surface area contributed by atoms with Crippen molar-refractivity contribution in [1.29, 1.82) is 0 Å². The van der Waals surface area contributed by atoms with Crippen LogP contribution in [0.5, 0.6) is 0 Å². The molecule has 0 bridgehead atoms. The lowest BCUT2D eigenvalue weighted by Gasteiger charge is -2.52. The second-order valence-electron chi connectivity index (χ2n) is 20.0. The number of nitrogens with one attached hydrogen (secondary N) is 3. The number of ether oxygens (including phenoxy) is 1. The molecule has 6 aliphatic rings. The summed E-state index contributed by atoms with van der Waals surface area (Å²) in [6.07, 6.45) is 3.16. The zero-order chi connectivity index (χ0) is 49.3. The highest BCUT2D eigenvalue weighted by molar-refractivity contribution is 6.32. The van der Waals surface area contributed by atoms with Crippen LogP contribution in [0.15, 0.2) is 42.6 Å². The number of imidazole rings is 1. The number of rotatable bonds is 11. The van der Waals surface area contributed by atoms with Gasteiger partial charge in [-0.2, -0.15) is 0 Å². The summed E-state index contributed by atoms with van der Waals surface area (Å²) >= 11 is 6.54. The van der Waals surface area contributed by atoms with Crippen LogP contribution in [-0.4, -0.2) is 156 Å². The van der Waals surface area contributed by atoms with E-state index in [-0.39, 0.29) is 100 Å². The Morgan fingerprint density at radius 1 is 0.957 bits per heavy atom. The molecule has 7 heterocycles. The van der Waals surface area contributed by atoms with Crippen LogP contribution < -0.4 is 25.8 Å². The highest BCUT2D eigenvalue weighted by Gasteiger charge is 2.58. The largest absolute Gasteiger partial charge is 0.385 e. The maximum atomic E-state index is 16.3. The number of benzene rings is 2. The molecule has 1 saturated carbocycles. The van der Waals surface area contributed by atoms with Crippen molar-refractivity contribution in [3.05, 3.63) is 75.6 Å². The number of aliphatic hydroxyl groups is 1. The minimum Gasteiger partial charge on any atom is -0.385 e. The number of amides is 3. The maximum Gasteiger partial charge on any atom is 0.271 e. The lowest BCUT2D eigenvalue weighted by Crippen LogP contribution is -2.61. The van der Waals surface area contributed by atoms with Crippen molar-refractivity contribution in [2.24, 2.45) is 11.3 Å². The van der Waals surface area contributed by atoms with Gasteiger partial charge in [-0.05, 0) is 99.8 Å². The first kappa shape index (κ1) is 48.4. The highest BCUT2D eigenvalue weighted by atomic mass is 35.5. The summed E-state index contributed by atoms with van der Waals surface area (Å²) < 4.78 is 72.0. The summed E-state index contributed by atoms with van der Waals surface area (Å²) in [5.74, 6) is -7.68. The first-order valence-electron chi connectivity index (χ1n) is 24.3. The monoisotopic (exact) mass is 993 g/mol. The van der Waals surface area contributed by atoms with Crippen molar-refractivity contribution in [1.82, 2.24) is 39.9 Å². The van der Waals surface area contributed by atoms with Gasteiger partial charge in [0, 0.05) is 99.2 Å². The van der Waals surface area contributed by atoms with E-state index >= 15 is 17.6 Å². The van der Waals surface area contributed by atoms with Crippen LogP contribution in [0, 0.1) is 18.3 Å². The Bertz CT molecular complexity index is 2680. The third-order valence-electron chi connectivity index (χ3n) is 16.0. The van der Waals surface area contributed by atoms with E-state index < -0.39 is 42.6 Å². The lowest BCUT2D eigenvalue weighted by atomic mass is 9.68. The molecule has 5 aliphatic heterocycles. The Hall–Kier alpha value is -5.28. The van der Waals surface area contributed by atoms with Crippen molar-refractivity contribution >= 4 is 57.8 Å². The second-order valence-corrected chi connectivity index (χ2v) is 20.4. The molecule has 3 amide bonds. The predicted molar refractivity (Wildman–Crippen MR) is 255 cm³/mol. The number of anilines is 4. The second kappa shape index (κ2) is 18.7. The number of fused-ring (bicyclic) bond motifs is 2. The van der Waals surface area contributed by atoms with Crippen molar-refractivity contribution in [2.75, 3.05) is 88.2 Å². The Labute approximate surface area is 408 Å². The Morgan fingerprint density at radius 3 is 2.44 bits per heavy atom. The molecule has 2 unspecified atom stereocenters. The number of hydrogen-bond acceptors (Lipinski definition) is 12. The molecule has 4 aromatic rings. The molecule has 2 aromatic carbocycles. The Balaban J connectivity index is 0.750. The number of methoxy groups -OCH3 is 1. The summed E-state index contributed by atoms with van der Waals surface area (Å²) in [6.45, 7) is 2.53. The number of carbonyl (C=O) groups is 3. The zero-order valence-electron chi connectivity index (χ0n) is 39.6. The number of hydrogen-bond donors (Lipinski definition) is 4. The van der Waals surface area contributed by atoms with Gasteiger partial charge in [-0.1, -0.05) is 23.7 Å². The fraction of sp³-hybridized carbons (Fsp3) is 0.571. The number of nitrogens with zero attached hydrogens (tertiary/aromatic N) is 8. The number of piperidine rings is 3. The first-order chi connectivity index (χ1) is 33.5. The summed E-state index contributed by atoms with van der Waals surface area (Å²) in [6, 6.07) is 10.8. The van der Waals surface area contributed by atoms with Crippen LogP contribution in [0.25, 0.3) is 5.65 Å². The Morgan fingerprint density at radius 2 is 1.74 bits per heavy atom. The average molecular weight is 995 g/mol. The van der Waals surface area contributed by atoms with Gasteiger partial charge in [-0.3, -0.25) is 24.2 Å². The van der Waals surface area contributed by atoms with Crippen molar-refractivity contribution in [3.8, 4) is 0 Å². The molecule has 5 fully saturated rings. The topological polar surface area (TPSA) is 163 Å². The summed E-state index contributed by atoms with van der Waals surface area (Å²) in [7, 11) is 3.42. The first-order valence-corrected chi connectivity index (χ1v) is 24.7. The molecule has 2 aromatic heterocycles. The number of alkyl halides is 4. The fourth-order valence-electron chi connectivity index (χ4n) is 11.6. The van der Waals surface area contributed by atoms with Gasteiger partial charge in [0.05, 0.1) is 37.1 Å². The lowest BCUT2D eigenvalue weighted by molar-refractivity contribution is -0.194. The van der Waals surface area contributed by atoms with Crippen molar-refractivity contribution < 1.29 is 41.8 Å². The smallest absolute Gasteiger partial charge is 0.271 e. The van der Waals surface area contributed by atoms with E-state index in [0.29, 0.717) is 65.2 Å². The van der Waals surface area contributed by atoms with E-state index in [4.69, 9.17) is 21.4 Å². The molecule has 1 spiro atoms. The number of aromatic nitrogens is 3. The molecule has 21 heteroatoms. The molecule has 16 nitrogen and oxygen atoms in total. The van der Waals surface area contributed by atoms with Gasteiger partial charge in [0.2, 0.25) is 12.3 Å². The van der Waals surface area contributed by atoms with Crippen LogP contribution in [0.2, 0.25) is 5.02 Å². The third kappa shape index (κ3) is 8.81. The predicted octanol–water partition coefficient (Wildman–Crippen LogP) is 5.66. The van der Waals surface area contributed by atoms with Gasteiger partial charge >= 0.3 is 0 Å². The summed E-state index contributed by atoms with van der Waals surface area (Å²) in [5.41, 5.74) is 4.40. The van der Waals surface area contributed by atoms with Crippen LogP contribution in [-0.2, 0) is 22.5 Å². The number of aliphatic hydroxyl groups excluding tert-OH is 1. The Kier molecular flexibility index (Phi) is 12.9. The molecular formula is C49H60ClF4N11O5.